The number of ether oxygens (including phenoxy) is 2. The maximum Gasteiger partial charge on any atom is 0.338 e. The van der Waals surface area contributed by atoms with E-state index in [2.05, 4.69) is 5.10 Å². The Bertz CT molecular complexity index is 610. The van der Waals surface area contributed by atoms with E-state index < -0.39 is 5.97 Å². The van der Waals surface area contributed by atoms with Crippen LogP contribution in [0.4, 0.5) is 0 Å². The third-order valence-corrected chi connectivity index (χ3v) is 3.08. The molecular formula is C14H15ClN2O3. The van der Waals surface area contributed by atoms with Crippen LogP contribution >= 0.6 is 11.6 Å². The van der Waals surface area contributed by atoms with Gasteiger partial charge in [-0.2, -0.15) is 5.10 Å². The number of hydrogen-bond donors (Lipinski definition) is 0. The average molecular weight is 295 g/mol. The molecule has 0 atom stereocenters. The molecule has 106 valence electrons. The molecule has 1 aromatic carbocycles. The van der Waals surface area contributed by atoms with Crippen molar-refractivity contribution < 1.29 is 14.3 Å². The molecule has 0 radical (unpaired) electrons. The number of aryl methyl sites for hydroxylation is 1. The number of carbonyl (C=O) groups is 1. The lowest BCUT2D eigenvalue weighted by Crippen LogP contribution is -2.08. The minimum Gasteiger partial charge on any atom is -0.495 e. The van der Waals surface area contributed by atoms with E-state index in [1.54, 1.807) is 29.1 Å². The Morgan fingerprint density at radius 2 is 2.25 bits per heavy atom. The second-order valence-corrected chi connectivity index (χ2v) is 4.66. The van der Waals surface area contributed by atoms with Gasteiger partial charge in [0.15, 0.2) is 0 Å². The monoisotopic (exact) mass is 294 g/mol. The highest BCUT2D eigenvalue weighted by molar-refractivity contribution is 6.32. The SMILES string of the molecule is COc1cc(C(=O)OCCc2cnn(C)c2)ccc1Cl. The van der Waals surface area contributed by atoms with Gasteiger partial charge >= 0.3 is 5.97 Å². The van der Waals surface area contributed by atoms with Gasteiger partial charge in [0.05, 0.1) is 30.5 Å². The first-order valence-corrected chi connectivity index (χ1v) is 6.46. The number of nitrogens with zero attached hydrogens (tertiary/aromatic N) is 2. The van der Waals surface area contributed by atoms with E-state index in [4.69, 9.17) is 21.1 Å². The van der Waals surface area contributed by atoms with Crippen LogP contribution in [0.15, 0.2) is 30.6 Å². The fraction of sp³-hybridized carbons (Fsp3) is 0.286. The molecule has 0 bridgehead atoms. The molecule has 0 fully saturated rings. The molecule has 0 saturated heterocycles. The van der Waals surface area contributed by atoms with Crippen molar-refractivity contribution in [3.8, 4) is 5.75 Å². The molecule has 0 aliphatic rings. The highest BCUT2D eigenvalue weighted by Gasteiger charge is 2.10. The first-order valence-electron chi connectivity index (χ1n) is 6.08. The van der Waals surface area contributed by atoms with Gasteiger partial charge in [0.2, 0.25) is 0 Å². The number of methoxy groups -OCH3 is 1. The molecule has 0 aliphatic heterocycles. The normalized spacial score (nSPS) is 10.3. The van der Waals surface area contributed by atoms with Crippen LogP contribution in [-0.2, 0) is 18.2 Å². The number of aromatic nitrogens is 2. The molecule has 1 aromatic heterocycles. The predicted octanol–water partition coefficient (Wildman–Crippen LogP) is 2.48. The minimum absolute atomic E-state index is 0.301. The Morgan fingerprint density at radius 1 is 1.45 bits per heavy atom. The first kappa shape index (κ1) is 14.4. The summed E-state index contributed by atoms with van der Waals surface area (Å²) in [6, 6.07) is 4.78. The van der Waals surface area contributed by atoms with Gasteiger partial charge in [-0.1, -0.05) is 11.6 Å². The zero-order valence-corrected chi connectivity index (χ0v) is 12.1. The maximum absolute atomic E-state index is 11.9. The van der Waals surface area contributed by atoms with E-state index in [0.29, 0.717) is 29.4 Å². The van der Waals surface area contributed by atoms with Gasteiger partial charge in [-0.3, -0.25) is 4.68 Å². The van der Waals surface area contributed by atoms with E-state index >= 15 is 0 Å². The first-order chi connectivity index (χ1) is 9.60. The summed E-state index contributed by atoms with van der Waals surface area (Å²) in [5.74, 6) is 0.0530. The van der Waals surface area contributed by atoms with Crippen LogP contribution in [-0.4, -0.2) is 29.5 Å². The maximum atomic E-state index is 11.9. The van der Waals surface area contributed by atoms with E-state index in [1.165, 1.54) is 7.11 Å². The van der Waals surface area contributed by atoms with Crippen LogP contribution in [0.3, 0.4) is 0 Å². The standard InChI is InChI=1S/C14H15ClN2O3/c1-17-9-10(8-16-17)5-6-20-14(18)11-3-4-12(15)13(7-11)19-2/h3-4,7-9H,5-6H2,1-2H3. The molecule has 2 aromatic rings. The summed E-state index contributed by atoms with van der Waals surface area (Å²) in [7, 11) is 3.34. The van der Waals surface area contributed by atoms with Crippen LogP contribution in [0.5, 0.6) is 5.75 Å². The zero-order chi connectivity index (χ0) is 14.5. The van der Waals surface area contributed by atoms with Gasteiger partial charge in [0.25, 0.3) is 0 Å². The molecule has 0 amide bonds. The van der Waals surface area contributed by atoms with Crippen LogP contribution in [0.25, 0.3) is 0 Å². The van der Waals surface area contributed by atoms with E-state index in [9.17, 15) is 4.79 Å². The fourth-order valence-corrected chi connectivity index (χ4v) is 1.93. The van der Waals surface area contributed by atoms with Crippen molar-refractivity contribution in [1.29, 1.82) is 0 Å². The lowest BCUT2D eigenvalue weighted by atomic mass is 10.2. The second-order valence-electron chi connectivity index (χ2n) is 4.26. The van der Waals surface area contributed by atoms with Gasteiger partial charge < -0.3 is 9.47 Å². The fourth-order valence-electron chi connectivity index (χ4n) is 1.73. The van der Waals surface area contributed by atoms with Crippen molar-refractivity contribution in [1.82, 2.24) is 9.78 Å². The highest BCUT2D eigenvalue weighted by atomic mass is 35.5. The molecule has 0 unspecified atom stereocenters. The number of esters is 1. The van der Waals surface area contributed by atoms with E-state index in [1.807, 2.05) is 13.2 Å². The largest absolute Gasteiger partial charge is 0.495 e. The molecule has 1 heterocycles. The van der Waals surface area contributed by atoms with Crippen molar-refractivity contribution in [3.63, 3.8) is 0 Å². The Morgan fingerprint density at radius 3 is 2.90 bits per heavy atom. The summed E-state index contributed by atoms with van der Waals surface area (Å²) in [6.07, 6.45) is 4.27. The number of rotatable bonds is 5. The molecular weight excluding hydrogens is 280 g/mol. The molecule has 5 nitrogen and oxygen atoms in total. The predicted molar refractivity (Wildman–Crippen MR) is 75.2 cm³/mol. The van der Waals surface area contributed by atoms with Crippen molar-refractivity contribution >= 4 is 17.6 Å². The smallest absolute Gasteiger partial charge is 0.338 e. The summed E-state index contributed by atoms with van der Waals surface area (Å²) in [4.78, 5) is 11.9. The van der Waals surface area contributed by atoms with Crippen LogP contribution in [0.1, 0.15) is 15.9 Å². The molecule has 2 rings (SSSR count). The summed E-state index contributed by atoms with van der Waals surface area (Å²) in [5, 5.41) is 4.51. The average Bonchev–Trinajstić information content (AvgIpc) is 2.85. The van der Waals surface area contributed by atoms with Gasteiger partial charge in [-0.05, 0) is 23.8 Å². The number of benzene rings is 1. The van der Waals surface area contributed by atoms with Gasteiger partial charge in [0, 0.05) is 19.7 Å². The number of carbonyl (C=O) groups excluding carboxylic acids is 1. The van der Waals surface area contributed by atoms with Gasteiger partial charge in [-0.25, -0.2) is 4.79 Å². The lowest BCUT2D eigenvalue weighted by Gasteiger charge is -2.07. The second kappa shape index (κ2) is 6.43. The highest BCUT2D eigenvalue weighted by Crippen LogP contribution is 2.25. The minimum atomic E-state index is -0.399. The third kappa shape index (κ3) is 3.51. The summed E-state index contributed by atoms with van der Waals surface area (Å²) < 4.78 is 12.0. The zero-order valence-electron chi connectivity index (χ0n) is 11.3. The van der Waals surface area contributed by atoms with Crippen LogP contribution in [0.2, 0.25) is 5.02 Å². The van der Waals surface area contributed by atoms with E-state index in [-0.39, 0.29) is 0 Å². The summed E-state index contributed by atoms with van der Waals surface area (Å²) >= 11 is 5.90. The molecule has 0 aliphatic carbocycles. The topological polar surface area (TPSA) is 53.4 Å². The van der Waals surface area contributed by atoms with E-state index in [0.717, 1.165) is 5.56 Å². The molecule has 6 heteroatoms. The van der Waals surface area contributed by atoms with Crippen LogP contribution < -0.4 is 4.74 Å². The lowest BCUT2D eigenvalue weighted by molar-refractivity contribution is 0.0509. The van der Waals surface area contributed by atoms with Crippen molar-refractivity contribution in [2.75, 3.05) is 13.7 Å². The molecule has 0 saturated carbocycles. The molecule has 20 heavy (non-hydrogen) atoms. The summed E-state index contributed by atoms with van der Waals surface area (Å²) in [5.41, 5.74) is 1.44. The quantitative estimate of drug-likeness (QED) is 0.795. The number of hydrogen-bond acceptors (Lipinski definition) is 4. The van der Waals surface area contributed by atoms with Gasteiger partial charge in [0.1, 0.15) is 5.75 Å². The van der Waals surface area contributed by atoms with Crippen molar-refractivity contribution in [3.05, 3.63) is 46.7 Å². The molecule has 0 spiro atoms. The van der Waals surface area contributed by atoms with Crippen LogP contribution in [0, 0.1) is 0 Å². The van der Waals surface area contributed by atoms with Gasteiger partial charge in [-0.15, -0.1) is 0 Å². The Kier molecular flexibility index (Phi) is 4.63. The molecule has 0 N–H and O–H groups in total. The van der Waals surface area contributed by atoms with Crippen molar-refractivity contribution in [2.45, 2.75) is 6.42 Å². The van der Waals surface area contributed by atoms with Crippen molar-refractivity contribution in [2.24, 2.45) is 7.05 Å². The Labute approximate surface area is 122 Å². The summed E-state index contributed by atoms with van der Waals surface area (Å²) in [6.45, 7) is 0.301. The Balaban J connectivity index is 1.91. The third-order valence-electron chi connectivity index (χ3n) is 2.77. The number of halogens is 1. The Hall–Kier alpha value is -2.01.